The molecular formula is C20H34O6. The molecule has 1 aliphatic rings. The Balaban J connectivity index is 2.33. The second kappa shape index (κ2) is 9.93. The van der Waals surface area contributed by atoms with E-state index in [1.807, 2.05) is 13.8 Å². The van der Waals surface area contributed by atoms with Gasteiger partial charge in [-0.25, -0.2) is 9.59 Å². The largest absolute Gasteiger partial charge is 0.457 e. The zero-order chi connectivity index (χ0) is 19.8. The van der Waals surface area contributed by atoms with E-state index in [4.69, 9.17) is 14.2 Å². The summed E-state index contributed by atoms with van der Waals surface area (Å²) in [5.41, 5.74) is -0.449. The van der Waals surface area contributed by atoms with E-state index in [9.17, 15) is 14.4 Å². The van der Waals surface area contributed by atoms with Gasteiger partial charge in [-0.05, 0) is 50.9 Å². The summed E-state index contributed by atoms with van der Waals surface area (Å²) < 4.78 is 15.3. The molecule has 0 bridgehead atoms. The fraction of sp³-hybridized carbons (Fsp3) is 0.850. The molecule has 0 aromatic carbocycles. The Bertz CT molecular complexity index is 485. The summed E-state index contributed by atoms with van der Waals surface area (Å²) in [6.45, 7) is 9.16. The van der Waals surface area contributed by atoms with Crippen LogP contribution in [0, 0.1) is 11.3 Å². The SMILES string of the molecule is CCCC(CC(C)(C)C)C(=O)OCC(=O)OCC(=O)OC1(C)CCCC1. The van der Waals surface area contributed by atoms with Gasteiger partial charge >= 0.3 is 17.9 Å². The number of carbonyl (C=O) groups is 3. The highest BCUT2D eigenvalue weighted by atomic mass is 16.6. The number of hydrogen-bond donors (Lipinski definition) is 0. The van der Waals surface area contributed by atoms with Gasteiger partial charge in [-0.2, -0.15) is 0 Å². The molecule has 0 spiro atoms. The fourth-order valence-corrected chi connectivity index (χ4v) is 3.35. The highest BCUT2D eigenvalue weighted by molar-refractivity contribution is 5.80. The van der Waals surface area contributed by atoms with E-state index in [1.54, 1.807) is 0 Å². The Hall–Kier alpha value is -1.59. The van der Waals surface area contributed by atoms with Gasteiger partial charge in [0.25, 0.3) is 0 Å². The maximum absolute atomic E-state index is 12.2. The van der Waals surface area contributed by atoms with E-state index < -0.39 is 30.8 Å². The second-order valence-corrected chi connectivity index (χ2v) is 8.65. The molecule has 6 nitrogen and oxygen atoms in total. The molecule has 150 valence electrons. The van der Waals surface area contributed by atoms with Crippen molar-refractivity contribution >= 4 is 17.9 Å². The average Bonchev–Trinajstić information content (AvgIpc) is 2.95. The predicted octanol–water partition coefficient (Wildman–Crippen LogP) is 3.80. The van der Waals surface area contributed by atoms with Crippen LogP contribution in [0.25, 0.3) is 0 Å². The first-order valence-corrected chi connectivity index (χ1v) is 9.59. The molecular weight excluding hydrogens is 336 g/mol. The number of hydrogen-bond acceptors (Lipinski definition) is 6. The minimum Gasteiger partial charge on any atom is -0.457 e. The van der Waals surface area contributed by atoms with Gasteiger partial charge in [0, 0.05) is 0 Å². The Kier molecular flexibility index (Phi) is 8.57. The van der Waals surface area contributed by atoms with Crippen molar-refractivity contribution in [3.8, 4) is 0 Å². The van der Waals surface area contributed by atoms with Crippen molar-refractivity contribution in [2.75, 3.05) is 13.2 Å². The Morgan fingerprint density at radius 2 is 1.58 bits per heavy atom. The normalized spacial score (nSPS) is 17.4. The third-order valence-electron chi connectivity index (χ3n) is 4.53. The Morgan fingerprint density at radius 3 is 2.12 bits per heavy atom. The van der Waals surface area contributed by atoms with Crippen molar-refractivity contribution < 1.29 is 28.6 Å². The fourth-order valence-electron chi connectivity index (χ4n) is 3.35. The van der Waals surface area contributed by atoms with Gasteiger partial charge in [0.1, 0.15) is 5.60 Å². The monoisotopic (exact) mass is 370 g/mol. The maximum Gasteiger partial charge on any atom is 0.344 e. The quantitative estimate of drug-likeness (QED) is 0.454. The van der Waals surface area contributed by atoms with Crippen molar-refractivity contribution in [2.24, 2.45) is 11.3 Å². The van der Waals surface area contributed by atoms with Gasteiger partial charge in [-0.1, -0.05) is 34.1 Å². The maximum atomic E-state index is 12.2. The first-order valence-electron chi connectivity index (χ1n) is 9.59. The molecule has 0 radical (unpaired) electrons. The Morgan fingerprint density at radius 1 is 1.00 bits per heavy atom. The van der Waals surface area contributed by atoms with Crippen molar-refractivity contribution in [2.45, 2.75) is 85.2 Å². The van der Waals surface area contributed by atoms with Crippen LogP contribution in [0.2, 0.25) is 0 Å². The summed E-state index contributed by atoms with van der Waals surface area (Å²) >= 11 is 0. The third-order valence-corrected chi connectivity index (χ3v) is 4.53. The topological polar surface area (TPSA) is 78.9 Å². The van der Waals surface area contributed by atoms with Crippen LogP contribution in [0.4, 0.5) is 0 Å². The molecule has 0 amide bonds. The smallest absolute Gasteiger partial charge is 0.344 e. The summed E-state index contributed by atoms with van der Waals surface area (Å²) in [6.07, 6.45) is 6.01. The standard InChI is InChI=1S/C20H34O6/c1-6-9-15(12-19(2,3)4)18(23)25-13-16(21)24-14-17(22)26-20(5)10-7-8-11-20/h15H,6-14H2,1-5H3. The number of rotatable bonds is 9. The highest BCUT2D eigenvalue weighted by Crippen LogP contribution is 2.32. The van der Waals surface area contributed by atoms with Crippen LogP contribution < -0.4 is 0 Å². The van der Waals surface area contributed by atoms with Gasteiger partial charge in [0.2, 0.25) is 0 Å². The number of ether oxygens (including phenoxy) is 3. The van der Waals surface area contributed by atoms with Crippen LogP contribution in [-0.4, -0.2) is 36.7 Å². The van der Waals surface area contributed by atoms with Crippen molar-refractivity contribution in [3.05, 3.63) is 0 Å². The van der Waals surface area contributed by atoms with Crippen LogP contribution in [0.15, 0.2) is 0 Å². The predicted molar refractivity (Wildman–Crippen MR) is 97.4 cm³/mol. The zero-order valence-corrected chi connectivity index (χ0v) is 16.9. The van der Waals surface area contributed by atoms with Crippen molar-refractivity contribution in [3.63, 3.8) is 0 Å². The molecule has 0 aliphatic heterocycles. The average molecular weight is 370 g/mol. The summed E-state index contributed by atoms with van der Waals surface area (Å²) in [7, 11) is 0. The third kappa shape index (κ3) is 8.68. The first kappa shape index (κ1) is 22.5. The number of esters is 3. The molecule has 0 aromatic rings. The molecule has 26 heavy (non-hydrogen) atoms. The van der Waals surface area contributed by atoms with Gasteiger partial charge in [-0.15, -0.1) is 0 Å². The van der Waals surface area contributed by atoms with Gasteiger partial charge in [0.05, 0.1) is 5.92 Å². The van der Waals surface area contributed by atoms with Crippen LogP contribution in [0.3, 0.4) is 0 Å². The second-order valence-electron chi connectivity index (χ2n) is 8.65. The lowest BCUT2D eigenvalue weighted by Crippen LogP contribution is -2.31. The van der Waals surface area contributed by atoms with Crippen LogP contribution in [0.5, 0.6) is 0 Å². The molecule has 1 unspecified atom stereocenters. The summed E-state index contributed by atoms with van der Waals surface area (Å²) in [6, 6.07) is 0. The minimum atomic E-state index is -0.738. The molecule has 0 N–H and O–H groups in total. The molecule has 1 aliphatic carbocycles. The Labute approximate surface area is 156 Å². The molecule has 1 fully saturated rings. The van der Waals surface area contributed by atoms with Crippen molar-refractivity contribution in [1.29, 1.82) is 0 Å². The molecule has 1 rings (SSSR count). The van der Waals surface area contributed by atoms with Crippen LogP contribution >= 0.6 is 0 Å². The lowest BCUT2D eigenvalue weighted by molar-refractivity contribution is -0.172. The van der Waals surface area contributed by atoms with Crippen molar-refractivity contribution in [1.82, 2.24) is 0 Å². The lowest BCUT2D eigenvalue weighted by Gasteiger charge is -2.24. The van der Waals surface area contributed by atoms with Gasteiger partial charge in [0.15, 0.2) is 13.2 Å². The van der Waals surface area contributed by atoms with E-state index >= 15 is 0 Å². The van der Waals surface area contributed by atoms with E-state index in [1.165, 1.54) is 0 Å². The van der Waals surface area contributed by atoms with E-state index in [0.717, 1.165) is 38.5 Å². The van der Waals surface area contributed by atoms with Gasteiger partial charge < -0.3 is 14.2 Å². The van der Waals surface area contributed by atoms with Crippen LogP contribution in [0.1, 0.15) is 79.6 Å². The molecule has 6 heteroatoms. The summed E-state index contributed by atoms with van der Waals surface area (Å²) in [5.74, 6) is -1.93. The molecule has 1 atom stereocenters. The number of carbonyl (C=O) groups excluding carboxylic acids is 3. The molecule has 0 saturated heterocycles. The first-order chi connectivity index (χ1) is 12.0. The molecule has 1 saturated carbocycles. The zero-order valence-electron chi connectivity index (χ0n) is 16.9. The van der Waals surface area contributed by atoms with E-state index in [-0.39, 0.29) is 17.3 Å². The molecule has 0 heterocycles. The molecule has 0 aromatic heterocycles. The summed E-state index contributed by atoms with van der Waals surface area (Å²) in [5, 5.41) is 0. The highest BCUT2D eigenvalue weighted by Gasteiger charge is 2.33. The van der Waals surface area contributed by atoms with Gasteiger partial charge in [-0.3, -0.25) is 4.79 Å². The minimum absolute atomic E-state index is 0.000523. The van der Waals surface area contributed by atoms with E-state index in [2.05, 4.69) is 20.8 Å². The van der Waals surface area contributed by atoms with E-state index in [0.29, 0.717) is 6.42 Å². The lowest BCUT2D eigenvalue weighted by atomic mass is 9.83. The van der Waals surface area contributed by atoms with Crippen LogP contribution in [-0.2, 0) is 28.6 Å². The summed E-state index contributed by atoms with van der Waals surface area (Å²) in [4.78, 5) is 35.7.